The van der Waals surface area contributed by atoms with Crippen molar-refractivity contribution in [2.45, 2.75) is 27.3 Å². The second-order valence-corrected chi connectivity index (χ2v) is 4.00. The van der Waals surface area contributed by atoms with Gasteiger partial charge in [0.25, 0.3) is 0 Å². The molecule has 3 nitrogen and oxygen atoms in total. The summed E-state index contributed by atoms with van der Waals surface area (Å²) in [5.41, 5.74) is 1.53. The lowest BCUT2D eigenvalue weighted by molar-refractivity contribution is 0.497. The van der Waals surface area contributed by atoms with E-state index < -0.39 is 0 Å². The SMILES string of the molecule is Cc1cc(C)n(CC(C)CCl)c(=O)n1. The van der Waals surface area contributed by atoms with Crippen molar-refractivity contribution in [3.8, 4) is 0 Å². The molecule has 0 radical (unpaired) electrons. The largest absolute Gasteiger partial charge is 0.347 e. The van der Waals surface area contributed by atoms with Gasteiger partial charge in [0, 0.05) is 23.8 Å². The van der Waals surface area contributed by atoms with Crippen LogP contribution in [-0.4, -0.2) is 15.4 Å². The lowest BCUT2D eigenvalue weighted by Gasteiger charge is -2.12. The molecule has 0 fully saturated rings. The van der Waals surface area contributed by atoms with Crippen molar-refractivity contribution in [1.82, 2.24) is 9.55 Å². The molecule has 1 aromatic heterocycles. The molecule has 1 rings (SSSR count). The summed E-state index contributed by atoms with van der Waals surface area (Å²) >= 11 is 5.70. The molecule has 0 saturated heterocycles. The molecule has 0 aromatic carbocycles. The minimum Gasteiger partial charge on any atom is -0.296 e. The zero-order chi connectivity index (χ0) is 10.7. The molecule has 1 atom stereocenters. The molecule has 0 bridgehead atoms. The zero-order valence-electron chi connectivity index (χ0n) is 8.75. The van der Waals surface area contributed by atoms with Crippen LogP contribution >= 0.6 is 11.6 Å². The normalized spacial score (nSPS) is 12.9. The molecule has 1 unspecified atom stereocenters. The number of rotatable bonds is 3. The first kappa shape index (κ1) is 11.2. The highest BCUT2D eigenvalue weighted by Gasteiger charge is 2.06. The first-order valence-corrected chi connectivity index (χ1v) is 5.19. The molecule has 0 aliphatic heterocycles. The molecule has 4 heteroatoms. The van der Waals surface area contributed by atoms with E-state index in [1.165, 1.54) is 0 Å². The maximum absolute atomic E-state index is 11.5. The smallest absolute Gasteiger partial charge is 0.296 e. The van der Waals surface area contributed by atoms with Gasteiger partial charge in [0.05, 0.1) is 0 Å². The molecule has 14 heavy (non-hydrogen) atoms. The molecule has 1 aromatic rings. The van der Waals surface area contributed by atoms with Crippen LogP contribution in [0.5, 0.6) is 0 Å². The van der Waals surface area contributed by atoms with Crippen molar-refractivity contribution in [2.24, 2.45) is 5.92 Å². The second-order valence-electron chi connectivity index (χ2n) is 3.69. The lowest BCUT2D eigenvalue weighted by atomic mass is 10.2. The van der Waals surface area contributed by atoms with Crippen LogP contribution in [0.2, 0.25) is 0 Å². The van der Waals surface area contributed by atoms with Gasteiger partial charge in [-0.05, 0) is 25.8 Å². The number of halogens is 1. The van der Waals surface area contributed by atoms with Crippen LogP contribution in [0.3, 0.4) is 0 Å². The molecular weight excluding hydrogens is 200 g/mol. The monoisotopic (exact) mass is 214 g/mol. The van der Waals surface area contributed by atoms with Gasteiger partial charge in [-0.3, -0.25) is 4.57 Å². The lowest BCUT2D eigenvalue weighted by Crippen LogP contribution is -2.28. The Bertz CT molecular complexity index is 373. The third kappa shape index (κ3) is 2.58. The Kier molecular flexibility index (Phi) is 3.69. The number of nitrogens with zero attached hydrogens (tertiary/aromatic N) is 2. The third-order valence-electron chi connectivity index (χ3n) is 2.10. The number of aryl methyl sites for hydroxylation is 2. The molecule has 0 amide bonds. The van der Waals surface area contributed by atoms with E-state index in [2.05, 4.69) is 4.98 Å². The van der Waals surface area contributed by atoms with Crippen LogP contribution in [-0.2, 0) is 6.54 Å². The van der Waals surface area contributed by atoms with Crippen molar-refractivity contribution >= 4 is 11.6 Å². The molecule has 0 aliphatic carbocycles. The molecule has 78 valence electrons. The molecule has 0 N–H and O–H groups in total. The summed E-state index contributed by atoms with van der Waals surface area (Å²) < 4.78 is 1.67. The van der Waals surface area contributed by atoms with Crippen LogP contribution < -0.4 is 5.69 Å². The van der Waals surface area contributed by atoms with E-state index in [9.17, 15) is 4.79 Å². The van der Waals surface area contributed by atoms with Gasteiger partial charge in [-0.15, -0.1) is 11.6 Å². The predicted octanol–water partition coefficient (Wildman–Crippen LogP) is 1.74. The third-order valence-corrected chi connectivity index (χ3v) is 2.63. The Hall–Kier alpha value is -0.830. The fraction of sp³-hybridized carbons (Fsp3) is 0.600. The summed E-state index contributed by atoms with van der Waals surface area (Å²) in [7, 11) is 0. The molecule has 1 heterocycles. The van der Waals surface area contributed by atoms with Crippen molar-refractivity contribution in [3.63, 3.8) is 0 Å². The van der Waals surface area contributed by atoms with E-state index in [0.29, 0.717) is 12.4 Å². The Morgan fingerprint density at radius 3 is 2.71 bits per heavy atom. The number of alkyl halides is 1. The average molecular weight is 215 g/mol. The predicted molar refractivity (Wildman–Crippen MR) is 57.9 cm³/mol. The quantitative estimate of drug-likeness (QED) is 0.719. The average Bonchev–Trinajstić information content (AvgIpc) is 2.10. The minimum absolute atomic E-state index is 0.181. The number of aromatic nitrogens is 2. The summed E-state index contributed by atoms with van der Waals surface area (Å²) in [6.45, 7) is 6.39. The summed E-state index contributed by atoms with van der Waals surface area (Å²) in [4.78, 5) is 15.4. The topological polar surface area (TPSA) is 34.9 Å². The van der Waals surface area contributed by atoms with Gasteiger partial charge in [-0.1, -0.05) is 6.92 Å². The second kappa shape index (κ2) is 4.60. The Labute approximate surface area is 88.7 Å². The Balaban J connectivity index is 3.03. The summed E-state index contributed by atoms with van der Waals surface area (Å²) in [6.07, 6.45) is 0. The van der Waals surface area contributed by atoms with Crippen LogP contribution in [0.4, 0.5) is 0 Å². The fourth-order valence-corrected chi connectivity index (χ4v) is 1.45. The van der Waals surface area contributed by atoms with Crippen molar-refractivity contribution in [1.29, 1.82) is 0 Å². The van der Waals surface area contributed by atoms with E-state index in [1.54, 1.807) is 4.57 Å². The van der Waals surface area contributed by atoms with Gasteiger partial charge in [-0.25, -0.2) is 4.79 Å². The summed E-state index contributed by atoms with van der Waals surface area (Å²) in [5.74, 6) is 0.845. The molecular formula is C10H15ClN2O. The van der Waals surface area contributed by atoms with Crippen LogP contribution in [0, 0.1) is 19.8 Å². The van der Waals surface area contributed by atoms with Crippen LogP contribution in [0.15, 0.2) is 10.9 Å². The van der Waals surface area contributed by atoms with Gasteiger partial charge in [0.1, 0.15) is 0 Å². The van der Waals surface area contributed by atoms with E-state index in [0.717, 1.165) is 11.4 Å². The van der Waals surface area contributed by atoms with E-state index >= 15 is 0 Å². The molecule has 0 aliphatic rings. The van der Waals surface area contributed by atoms with Crippen LogP contribution in [0.25, 0.3) is 0 Å². The summed E-state index contributed by atoms with van der Waals surface area (Å²) in [5, 5.41) is 0. The van der Waals surface area contributed by atoms with Crippen molar-refractivity contribution in [3.05, 3.63) is 27.9 Å². The van der Waals surface area contributed by atoms with Gasteiger partial charge >= 0.3 is 5.69 Å². The fourth-order valence-electron chi connectivity index (χ4n) is 1.36. The highest BCUT2D eigenvalue weighted by Crippen LogP contribution is 2.04. The summed E-state index contributed by atoms with van der Waals surface area (Å²) in [6, 6.07) is 1.91. The van der Waals surface area contributed by atoms with E-state index in [4.69, 9.17) is 11.6 Å². The highest BCUT2D eigenvalue weighted by molar-refractivity contribution is 6.18. The maximum Gasteiger partial charge on any atom is 0.347 e. The molecule has 0 spiro atoms. The maximum atomic E-state index is 11.5. The number of hydrogen-bond donors (Lipinski definition) is 0. The Morgan fingerprint density at radius 2 is 2.21 bits per heavy atom. The Morgan fingerprint density at radius 1 is 1.57 bits per heavy atom. The van der Waals surface area contributed by atoms with Crippen molar-refractivity contribution < 1.29 is 0 Å². The highest BCUT2D eigenvalue weighted by atomic mass is 35.5. The first-order chi connectivity index (χ1) is 6.54. The number of hydrogen-bond acceptors (Lipinski definition) is 2. The van der Waals surface area contributed by atoms with Gasteiger partial charge < -0.3 is 0 Å². The van der Waals surface area contributed by atoms with Gasteiger partial charge in [0.15, 0.2) is 0 Å². The van der Waals surface area contributed by atoms with Crippen molar-refractivity contribution in [2.75, 3.05) is 5.88 Å². The van der Waals surface area contributed by atoms with Gasteiger partial charge in [0.2, 0.25) is 0 Å². The minimum atomic E-state index is -0.181. The van der Waals surface area contributed by atoms with Gasteiger partial charge in [-0.2, -0.15) is 4.98 Å². The van der Waals surface area contributed by atoms with E-state index in [-0.39, 0.29) is 11.6 Å². The molecule has 0 saturated carbocycles. The zero-order valence-corrected chi connectivity index (χ0v) is 9.51. The first-order valence-electron chi connectivity index (χ1n) is 4.65. The van der Waals surface area contributed by atoms with E-state index in [1.807, 2.05) is 26.8 Å². The standard InChI is InChI=1S/C10H15ClN2O/c1-7(5-11)6-13-9(3)4-8(2)12-10(13)14/h4,7H,5-6H2,1-3H3. The van der Waals surface area contributed by atoms with Crippen LogP contribution in [0.1, 0.15) is 18.3 Å².